The van der Waals surface area contributed by atoms with E-state index in [2.05, 4.69) is 19.2 Å². The van der Waals surface area contributed by atoms with Gasteiger partial charge >= 0.3 is 5.97 Å². The van der Waals surface area contributed by atoms with Crippen LogP contribution in [0.2, 0.25) is 0 Å². The number of carboxylic acid groups (broad SMARTS) is 1. The van der Waals surface area contributed by atoms with Gasteiger partial charge in [-0.2, -0.15) is 0 Å². The Labute approximate surface area is 241 Å². The van der Waals surface area contributed by atoms with Crippen molar-refractivity contribution in [3.05, 3.63) is 82.9 Å². The van der Waals surface area contributed by atoms with E-state index in [-0.39, 0.29) is 18.4 Å². The standard InChI is InChI=1S/C33H38N2O6/c1-6-20-9-8-10-21(7-2)30(20)34-28(36)19-35-18-25(23-13-16-26-27(17-23)41-33(3,4)40-26)29(32(37)38)31(35)22-11-14-24(39-5)15-12-22/h8-17,25,29,31H,6-7,18-19H2,1-5H3,(H,34,36)(H,37,38)/t25-,29?,31+/m1/s1. The number of fused-ring (bicyclic) bond motifs is 1. The lowest BCUT2D eigenvalue weighted by atomic mass is 9.82. The fourth-order valence-corrected chi connectivity index (χ4v) is 6.17. The topological polar surface area (TPSA) is 97.3 Å². The number of carbonyl (C=O) groups is 2. The van der Waals surface area contributed by atoms with Crippen LogP contribution in [0, 0.1) is 5.92 Å². The summed E-state index contributed by atoms with van der Waals surface area (Å²) < 4.78 is 17.2. The van der Waals surface area contributed by atoms with Gasteiger partial charge in [-0.15, -0.1) is 0 Å². The normalized spacial score (nSPS) is 21.0. The van der Waals surface area contributed by atoms with Crippen molar-refractivity contribution in [1.29, 1.82) is 0 Å². The van der Waals surface area contributed by atoms with Gasteiger partial charge in [0.05, 0.1) is 19.6 Å². The van der Waals surface area contributed by atoms with Gasteiger partial charge < -0.3 is 24.6 Å². The number of anilines is 1. The van der Waals surface area contributed by atoms with E-state index in [1.165, 1.54) is 0 Å². The number of ether oxygens (including phenoxy) is 3. The summed E-state index contributed by atoms with van der Waals surface area (Å²) in [7, 11) is 1.59. The Morgan fingerprint density at radius 3 is 2.22 bits per heavy atom. The number of aliphatic carboxylic acids is 1. The molecule has 1 saturated heterocycles. The molecule has 2 aliphatic rings. The third-order valence-corrected chi connectivity index (χ3v) is 8.06. The first kappa shape index (κ1) is 28.5. The molecule has 2 N–H and O–H groups in total. The van der Waals surface area contributed by atoms with Crippen LogP contribution in [0.25, 0.3) is 0 Å². The van der Waals surface area contributed by atoms with E-state index < -0.39 is 23.7 Å². The zero-order valence-corrected chi connectivity index (χ0v) is 24.3. The molecule has 5 rings (SSSR count). The summed E-state index contributed by atoms with van der Waals surface area (Å²) in [5, 5.41) is 13.7. The van der Waals surface area contributed by atoms with Gasteiger partial charge in [0, 0.05) is 38.0 Å². The van der Waals surface area contributed by atoms with Gasteiger partial charge in [-0.25, -0.2) is 0 Å². The van der Waals surface area contributed by atoms with Crippen LogP contribution >= 0.6 is 0 Å². The highest BCUT2D eigenvalue weighted by atomic mass is 16.7. The predicted octanol–water partition coefficient (Wildman–Crippen LogP) is 5.81. The summed E-state index contributed by atoms with van der Waals surface area (Å²) in [6, 6.07) is 18.6. The number of hydrogen-bond donors (Lipinski definition) is 2. The van der Waals surface area contributed by atoms with Crippen LogP contribution in [-0.2, 0) is 22.4 Å². The summed E-state index contributed by atoms with van der Waals surface area (Å²) in [5.41, 5.74) is 4.67. The van der Waals surface area contributed by atoms with Gasteiger partial charge in [-0.3, -0.25) is 14.5 Å². The number of rotatable bonds is 9. The molecule has 0 saturated carbocycles. The Balaban J connectivity index is 1.49. The number of carbonyl (C=O) groups excluding carboxylic acids is 1. The average Bonchev–Trinajstić information content (AvgIpc) is 3.48. The molecule has 0 aliphatic carbocycles. The number of hydrogen-bond acceptors (Lipinski definition) is 6. The van der Waals surface area contributed by atoms with E-state index in [0.717, 1.165) is 40.8 Å². The Hall–Kier alpha value is -4.04. The van der Waals surface area contributed by atoms with Crippen LogP contribution in [0.5, 0.6) is 17.2 Å². The van der Waals surface area contributed by atoms with E-state index in [1.807, 2.05) is 79.4 Å². The molecule has 1 fully saturated rings. The van der Waals surface area contributed by atoms with Crippen molar-refractivity contribution >= 4 is 17.6 Å². The molecule has 2 aliphatic heterocycles. The number of nitrogens with zero attached hydrogens (tertiary/aromatic N) is 1. The second kappa shape index (κ2) is 11.4. The number of para-hydroxylation sites is 1. The Bertz CT molecular complexity index is 1410. The molecule has 1 unspecified atom stereocenters. The molecular weight excluding hydrogens is 520 g/mol. The third kappa shape index (κ3) is 5.75. The van der Waals surface area contributed by atoms with E-state index in [0.29, 0.717) is 23.8 Å². The molecule has 216 valence electrons. The zero-order valence-electron chi connectivity index (χ0n) is 24.3. The van der Waals surface area contributed by atoms with Crippen molar-refractivity contribution in [2.75, 3.05) is 25.5 Å². The van der Waals surface area contributed by atoms with Crippen molar-refractivity contribution in [3.8, 4) is 17.2 Å². The highest BCUT2D eigenvalue weighted by Gasteiger charge is 2.48. The fraction of sp³-hybridized carbons (Fsp3) is 0.394. The smallest absolute Gasteiger partial charge is 0.309 e. The van der Waals surface area contributed by atoms with E-state index >= 15 is 0 Å². The maximum atomic E-state index is 13.6. The van der Waals surface area contributed by atoms with Crippen LogP contribution in [-0.4, -0.2) is 47.9 Å². The molecule has 0 aromatic heterocycles. The SMILES string of the molecule is CCc1cccc(CC)c1NC(=O)CN1C[C@H](c2ccc3c(c2)OC(C)(C)O3)C(C(=O)O)[C@@H]1c1ccc(OC)cc1. The highest BCUT2D eigenvalue weighted by molar-refractivity contribution is 5.94. The van der Waals surface area contributed by atoms with Crippen LogP contribution in [0.15, 0.2) is 60.7 Å². The van der Waals surface area contributed by atoms with E-state index in [1.54, 1.807) is 7.11 Å². The molecule has 3 aromatic carbocycles. The molecule has 3 atom stereocenters. The summed E-state index contributed by atoms with van der Waals surface area (Å²) in [5.74, 6) is -1.13. The second-order valence-corrected chi connectivity index (χ2v) is 11.1. The quantitative estimate of drug-likeness (QED) is 0.342. The van der Waals surface area contributed by atoms with Crippen molar-refractivity contribution < 1.29 is 28.9 Å². The molecule has 0 radical (unpaired) electrons. The molecule has 8 nitrogen and oxygen atoms in total. The Morgan fingerprint density at radius 1 is 0.976 bits per heavy atom. The van der Waals surface area contributed by atoms with Crippen LogP contribution in [0.1, 0.15) is 61.9 Å². The minimum atomic E-state index is -0.915. The van der Waals surface area contributed by atoms with Gasteiger partial charge in [0.15, 0.2) is 11.5 Å². The number of benzene rings is 3. The summed E-state index contributed by atoms with van der Waals surface area (Å²) in [6.45, 7) is 8.25. The molecular formula is C33H38N2O6. The lowest BCUT2D eigenvalue weighted by molar-refractivity contribution is -0.143. The van der Waals surface area contributed by atoms with Gasteiger partial charge in [0.1, 0.15) is 5.75 Å². The number of carboxylic acids is 1. The first-order valence-electron chi connectivity index (χ1n) is 14.2. The molecule has 0 bridgehead atoms. The van der Waals surface area contributed by atoms with Crippen LogP contribution < -0.4 is 19.5 Å². The fourth-order valence-electron chi connectivity index (χ4n) is 6.17. The molecule has 0 spiro atoms. The molecule has 3 aromatic rings. The van der Waals surface area contributed by atoms with E-state index in [4.69, 9.17) is 14.2 Å². The van der Waals surface area contributed by atoms with Crippen molar-refractivity contribution in [2.24, 2.45) is 5.92 Å². The van der Waals surface area contributed by atoms with Gasteiger partial charge in [0.2, 0.25) is 11.7 Å². The minimum Gasteiger partial charge on any atom is -0.497 e. The summed E-state index contributed by atoms with van der Waals surface area (Å²) in [6.07, 6.45) is 1.59. The summed E-state index contributed by atoms with van der Waals surface area (Å²) in [4.78, 5) is 28.5. The van der Waals surface area contributed by atoms with Gasteiger partial charge in [0.25, 0.3) is 0 Å². The van der Waals surface area contributed by atoms with E-state index in [9.17, 15) is 14.7 Å². The Kier molecular flexibility index (Phi) is 7.95. The molecule has 8 heteroatoms. The lowest BCUT2D eigenvalue weighted by Gasteiger charge is -2.27. The number of likely N-dealkylation sites (tertiary alicyclic amines) is 1. The number of nitrogens with one attached hydrogen (secondary N) is 1. The average molecular weight is 559 g/mol. The number of amides is 1. The second-order valence-electron chi connectivity index (χ2n) is 11.1. The van der Waals surface area contributed by atoms with Crippen LogP contribution in [0.4, 0.5) is 5.69 Å². The Morgan fingerprint density at radius 2 is 1.61 bits per heavy atom. The highest BCUT2D eigenvalue weighted by Crippen LogP contribution is 2.48. The molecule has 2 heterocycles. The number of aryl methyl sites for hydroxylation is 2. The lowest BCUT2D eigenvalue weighted by Crippen LogP contribution is -2.35. The van der Waals surface area contributed by atoms with Crippen LogP contribution in [0.3, 0.4) is 0 Å². The molecule has 41 heavy (non-hydrogen) atoms. The molecule has 1 amide bonds. The maximum absolute atomic E-state index is 13.6. The summed E-state index contributed by atoms with van der Waals surface area (Å²) >= 11 is 0. The van der Waals surface area contributed by atoms with Gasteiger partial charge in [-0.1, -0.05) is 50.2 Å². The van der Waals surface area contributed by atoms with Crippen molar-refractivity contribution in [3.63, 3.8) is 0 Å². The maximum Gasteiger partial charge on any atom is 0.309 e. The third-order valence-electron chi connectivity index (χ3n) is 8.06. The first-order valence-corrected chi connectivity index (χ1v) is 14.2. The van der Waals surface area contributed by atoms with Crippen molar-refractivity contribution in [2.45, 2.75) is 58.3 Å². The van der Waals surface area contributed by atoms with Crippen molar-refractivity contribution in [1.82, 2.24) is 4.90 Å². The van der Waals surface area contributed by atoms with Gasteiger partial charge in [-0.05, 0) is 59.4 Å². The monoisotopic (exact) mass is 558 g/mol. The largest absolute Gasteiger partial charge is 0.497 e. The first-order chi connectivity index (χ1) is 19.6. The number of methoxy groups -OCH3 is 1. The zero-order chi connectivity index (χ0) is 29.3. The minimum absolute atomic E-state index is 0.0514. The predicted molar refractivity (Wildman–Crippen MR) is 157 cm³/mol.